The van der Waals surface area contributed by atoms with Crippen LogP contribution in [0.1, 0.15) is 25.7 Å². The van der Waals surface area contributed by atoms with E-state index in [1.807, 2.05) is 0 Å². The van der Waals surface area contributed by atoms with Crippen molar-refractivity contribution < 1.29 is 17.4 Å². The highest BCUT2D eigenvalue weighted by Crippen LogP contribution is 2.53. The Labute approximate surface area is 108 Å². The summed E-state index contributed by atoms with van der Waals surface area (Å²) in [5, 5.41) is 4.15. The predicted octanol–water partition coefficient (Wildman–Crippen LogP) is 1.40. The number of oxime groups is 1. The highest BCUT2D eigenvalue weighted by atomic mass is 32.2. The van der Waals surface area contributed by atoms with Crippen LogP contribution in [0.25, 0.3) is 0 Å². The average Bonchev–Trinajstić information content (AvgIpc) is 2.26. The third-order valence-electron chi connectivity index (χ3n) is 4.57. The molecule has 0 heterocycles. The van der Waals surface area contributed by atoms with Gasteiger partial charge in [-0.25, -0.2) is 0 Å². The summed E-state index contributed by atoms with van der Waals surface area (Å²) in [7, 11) is -1.86. The molecule has 102 valence electrons. The zero-order valence-corrected chi connectivity index (χ0v) is 11.5. The van der Waals surface area contributed by atoms with Gasteiger partial charge < -0.3 is 4.84 Å². The molecule has 0 spiro atoms. The molecule has 4 fully saturated rings. The second kappa shape index (κ2) is 4.20. The fraction of sp³-hybridized carbons (Fsp3) is 0.917. The predicted molar refractivity (Wildman–Crippen MR) is 66.6 cm³/mol. The maximum Gasteiger partial charge on any atom is 0.264 e. The van der Waals surface area contributed by atoms with E-state index in [1.165, 1.54) is 6.42 Å². The van der Waals surface area contributed by atoms with Crippen molar-refractivity contribution in [3.63, 3.8) is 0 Å². The van der Waals surface area contributed by atoms with Gasteiger partial charge in [-0.05, 0) is 37.5 Å². The molecule has 5 atom stereocenters. The molecule has 5 nitrogen and oxygen atoms in total. The SMILES string of the molecule is CO/N=C1/C2CC3CC(C2)[C@@H](OS(C)(=O)=O)C1C3. The van der Waals surface area contributed by atoms with Crippen LogP contribution < -0.4 is 0 Å². The van der Waals surface area contributed by atoms with Gasteiger partial charge in [0.15, 0.2) is 0 Å². The molecule has 0 aromatic heterocycles. The van der Waals surface area contributed by atoms with Gasteiger partial charge in [-0.3, -0.25) is 4.18 Å². The highest BCUT2D eigenvalue weighted by molar-refractivity contribution is 7.86. The third kappa shape index (κ3) is 2.05. The van der Waals surface area contributed by atoms with Crippen molar-refractivity contribution in [3.05, 3.63) is 0 Å². The summed E-state index contributed by atoms with van der Waals surface area (Å²) in [6.07, 6.45) is 5.19. The van der Waals surface area contributed by atoms with Crippen LogP contribution in [0.4, 0.5) is 0 Å². The molecule has 4 rings (SSSR count). The summed E-state index contributed by atoms with van der Waals surface area (Å²) in [4.78, 5) is 4.93. The first-order chi connectivity index (χ1) is 8.48. The van der Waals surface area contributed by atoms with Gasteiger partial charge in [0.2, 0.25) is 0 Å². The first-order valence-corrected chi connectivity index (χ1v) is 8.28. The van der Waals surface area contributed by atoms with Crippen LogP contribution in [0, 0.1) is 23.7 Å². The Morgan fingerprint density at radius 3 is 2.67 bits per heavy atom. The van der Waals surface area contributed by atoms with E-state index in [0.717, 1.165) is 31.2 Å². The van der Waals surface area contributed by atoms with Crippen LogP contribution >= 0.6 is 0 Å². The third-order valence-corrected chi connectivity index (χ3v) is 5.14. The lowest BCUT2D eigenvalue weighted by atomic mass is 9.54. The van der Waals surface area contributed by atoms with E-state index in [4.69, 9.17) is 9.02 Å². The van der Waals surface area contributed by atoms with Gasteiger partial charge in [0.05, 0.1) is 18.1 Å². The van der Waals surface area contributed by atoms with Gasteiger partial charge in [-0.15, -0.1) is 0 Å². The standard InChI is InChI=1S/C12H19NO4S/c1-16-13-11-8-3-7-4-9(6-8)12(10(11)5-7)17-18(2,14)15/h7-10,12H,3-6H2,1-2H3/b13-11-/t7?,8?,9?,10?,12-/m1/s1. The summed E-state index contributed by atoms with van der Waals surface area (Å²) >= 11 is 0. The second-order valence-electron chi connectivity index (χ2n) is 5.84. The van der Waals surface area contributed by atoms with Crippen LogP contribution in [0.2, 0.25) is 0 Å². The molecular weight excluding hydrogens is 254 g/mol. The Bertz CT molecular complexity index is 472. The molecule has 0 aromatic carbocycles. The highest BCUT2D eigenvalue weighted by Gasteiger charge is 2.53. The van der Waals surface area contributed by atoms with E-state index in [9.17, 15) is 8.42 Å². The smallest absolute Gasteiger partial charge is 0.264 e. The van der Waals surface area contributed by atoms with E-state index in [2.05, 4.69) is 5.16 Å². The number of nitrogens with zero attached hydrogens (tertiary/aromatic N) is 1. The van der Waals surface area contributed by atoms with Gasteiger partial charge >= 0.3 is 0 Å². The quantitative estimate of drug-likeness (QED) is 0.576. The van der Waals surface area contributed by atoms with E-state index < -0.39 is 10.1 Å². The maximum atomic E-state index is 11.4. The zero-order valence-electron chi connectivity index (χ0n) is 10.7. The molecule has 18 heavy (non-hydrogen) atoms. The fourth-order valence-electron chi connectivity index (χ4n) is 4.20. The minimum absolute atomic E-state index is 0.135. The summed E-state index contributed by atoms with van der Waals surface area (Å²) < 4.78 is 28.1. The monoisotopic (exact) mass is 273 g/mol. The lowest BCUT2D eigenvalue weighted by Crippen LogP contribution is -2.55. The van der Waals surface area contributed by atoms with Crippen LogP contribution in [0.5, 0.6) is 0 Å². The Hall–Kier alpha value is -0.620. The summed E-state index contributed by atoms with van der Waals surface area (Å²) in [6.45, 7) is 0. The minimum Gasteiger partial charge on any atom is -0.399 e. The molecule has 0 N–H and O–H groups in total. The van der Waals surface area contributed by atoms with Crippen molar-refractivity contribution in [2.24, 2.45) is 28.8 Å². The molecule has 0 radical (unpaired) electrons. The molecule has 4 bridgehead atoms. The molecule has 4 aliphatic rings. The number of hydrogen-bond acceptors (Lipinski definition) is 5. The van der Waals surface area contributed by atoms with Crippen molar-refractivity contribution in [2.75, 3.05) is 13.4 Å². The first kappa shape index (κ1) is 12.4. The van der Waals surface area contributed by atoms with Gasteiger partial charge in [-0.2, -0.15) is 8.42 Å². The minimum atomic E-state index is -3.40. The number of hydrogen-bond donors (Lipinski definition) is 0. The average molecular weight is 273 g/mol. The van der Waals surface area contributed by atoms with Crippen LogP contribution in [0.3, 0.4) is 0 Å². The van der Waals surface area contributed by atoms with E-state index in [1.54, 1.807) is 7.11 Å². The molecule has 4 saturated carbocycles. The number of rotatable bonds is 3. The molecule has 4 unspecified atom stereocenters. The van der Waals surface area contributed by atoms with E-state index in [-0.39, 0.29) is 12.0 Å². The molecule has 4 aliphatic carbocycles. The normalized spacial score (nSPS) is 44.6. The molecule has 0 aromatic rings. The van der Waals surface area contributed by atoms with Gasteiger partial charge in [0.25, 0.3) is 10.1 Å². The topological polar surface area (TPSA) is 65.0 Å². The second-order valence-corrected chi connectivity index (χ2v) is 7.44. The van der Waals surface area contributed by atoms with Crippen molar-refractivity contribution >= 4 is 15.8 Å². The summed E-state index contributed by atoms with van der Waals surface area (Å²) in [5.74, 6) is 1.70. The van der Waals surface area contributed by atoms with Crippen molar-refractivity contribution in [1.29, 1.82) is 0 Å². The Balaban J connectivity index is 1.90. The Morgan fingerprint density at radius 2 is 2.00 bits per heavy atom. The van der Waals surface area contributed by atoms with Gasteiger partial charge in [0, 0.05) is 11.8 Å². The molecular formula is C12H19NO4S. The van der Waals surface area contributed by atoms with Crippen molar-refractivity contribution in [1.82, 2.24) is 0 Å². The Kier molecular flexibility index (Phi) is 2.90. The van der Waals surface area contributed by atoms with Crippen LogP contribution in [0.15, 0.2) is 5.16 Å². The Morgan fingerprint density at radius 1 is 1.22 bits per heavy atom. The fourth-order valence-corrected chi connectivity index (χ4v) is 4.89. The molecule has 0 aliphatic heterocycles. The van der Waals surface area contributed by atoms with Crippen molar-refractivity contribution in [2.45, 2.75) is 31.8 Å². The van der Waals surface area contributed by atoms with Crippen LogP contribution in [-0.2, 0) is 19.1 Å². The summed E-state index contributed by atoms with van der Waals surface area (Å²) in [6, 6.07) is 0. The molecule has 0 amide bonds. The molecule has 6 heteroatoms. The lowest BCUT2D eigenvalue weighted by Gasteiger charge is -2.53. The van der Waals surface area contributed by atoms with E-state index in [0.29, 0.717) is 17.8 Å². The zero-order chi connectivity index (χ0) is 12.9. The lowest BCUT2D eigenvalue weighted by molar-refractivity contribution is -0.0156. The summed E-state index contributed by atoms with van der Waals surface area (Å²) in [5.41, 5.74) is 1.03. The molecule has 0 saturated heterocycles. The van der Waals surface area contributed by atoms with Gasteiger partial charge in [0.1, 0.15) is 7.11 Å². The largest absolute Gasteiger partial charge is 0.399 e. The van der Waals surface area contributed by atoms with E-state index >= 15 is 0 Å². The van der Waals surface area contributed by atoms with Crippen molar-refractivity contribution in [3.8, 4) is 0 Å². The van der Waals surface area contributed by atoms with Crippen LogP contribution in [-0.4, -0.2) is 33.6 Å². The van der Waals surface area contributed by atoms with Gasteiger partial charge in [-0.1, -0.05) is 5.16 Å². The maximum absolute atomic E-state index is 11.4. The first-order valence-electron chi connectivity index (χ1n) is 6.47.